The molecular weight excluding hydrogens is 214 g/mol. The van der Waals surface area contributed by atoms with Crippen LogP contribution in [0.5, 0.6) is 0 Å². The second-order valence-corrected chi connectivity index (χ2v) is 3.75. The average molecular weight is 231 g/mol. The Kier molecular flexibility index (Phi) is 4.12. The molecular formula is C10H17NO5. The van der Waals surface area contributed by atoms with Gasteiger partial charge in [-0.3, -0.25) is 0 Å². The Morgan fingerprint density at radius 1 is 1.69 bits per heavy atom. The first-order valence-electron chi connectivity index (χ1n) is 5.19. The van der Waals surface area contributed by atoms with Gasteiger partial charge in [0.25, 0.3) is 0 Å². The molecule has 1 aliphatic heterocycles. The largest absolute Gasteiger partial charge is 0.464 e. The summed E-state index contributed by atoms with van der Waals surface area (Å²) in [6.07, 6.45) is -0.936. The zero-order valence-corrected chi connectivity index (χ0v) is 9.74. The number of hydrogen-bond acceptors (Lipinski definition) is 5. The maximum Gasteiger partial charge on any atom is 0.407 e. The molecule has 0 spiro atoms. The van der Waals surface area contributed by atoms with E-state index in [1.165, 1.54) is 7.11 Å². The van der Waals surface area contributed by atoms with Crippen LogP contribution in [0.4, 0.5) is 4.79 Å². The Morgan fingerprint density at radius 3 is 2.88 bits per heavy atom. The monoisotopic (exact) mass is 231 g/mol. The summed E-state index contributed by atoms with van der Waals surface area (Å²) >= 11 is 0. The molecule has 0 aromatic carbocycles. The summed E-state index contributed by atoms with van der Waals surface area (Å²) in [7, 11) is 1.39. The van der Waals surface area contributed by atoms with Crippen molar-refractivity contribution in [2.75, 3.05) is 20.3 Å². The quantitative estimate of drug-likeness (QED) is 0.711. The normalized spacial score (nSPS) is 26.6. The number of nitrogens with one attached hydrogen (secondary N) is 1. The van der Waals surface area contributed by atoms with Crippen molar-refractivity contribution >= 4 is 12.1 Å². The molecule has 1 N–H and O–H groups in total. The molecule has 0 radical (unpaired) electrons. The van der Waals surface area contributed by atoms with E-state index in [0.29, 0.717) is 13.0 Å². The highest BCUT2D eigenvalue weighted by Crippen LogP contribution is 2.26. The van der Waals surface area contributed by atoms with Crippen LogP contribution in [0.1, 0.15) is 20.3 Å². The van der Waals surface area contributed by atoms with Gasteiger partial charge in [-0.1, -0.05) is 0 Å². The van der Waals surface area contributed by atoms with E-state index in [9.17, 15) is 9.59 Å². The van der Waals surface area contributed by atoms with Gasteiger partial charge in [0, 0.05) is 20.1 Å². The lowest BCUT2D eigenvalue weighted by Gasteiger charge is -2.37. The third-order valence-corrected chi connectivity index (χ3v) is 2.51. The molecule has 1 rings (SSSR count). The third-order valence-electron chi connectivity index (χ3n) is 2.51. The van der Waals surface area contributed by atoms with Gasteiger partial charge in [-0.25, -0.2) is 9.59 Å². The first kappa shape index (κ1) is 12.8. The van der Waals surface area contributed by atoms with Crippen molar-refractivity contribution in [1.29, 1.82) is 0 Å². The van der Waals surface area contributed by atoms with Crippen LogP contribution in [0.15, 0.2) is 0 Å². The minimum atomic E-state index is -0.969. The molecule has 0 aromatic rings. The molecule has 0 saturated carbocycles. The van der Waals surface area contributed by atoms with E-state index in [4.69, 9.17) is 14.2 Å². The molecule has 0 unspecified atom stereocenters. The standard InChI is InChI=1S/C10H17NO5/c1-4-15-8(12)7(14-3)10(2)5-6-11-9(13)16-10/h7H,4-6H2,1-3H3,(H,11,13)/t7-,10+/m1/s1. The summed E-state index contributed by atoms with van der Waals surface area (Å²) in [5, 5.41) is 2.52. The first-order chi connectivity index (χ1) is 7.53. The Hall–Kier alpha value is -1.30. The zero-order valence-electron chi connectivity index (χ0n) is 9.74. The van der Waals surface area contributed by atoms with E-state index in [-0.39, 0.29) is 6.61 Å². The predicted molar refractivity (Wildman–Crippen MR) is 54.9 cm³/mol. The highest BCUT2D eigenvalue weighted by atomic mass is 16.6. The molecule has 92 valence electrons. The molecule has 1 fully saturated rings. The van der Waals surface area contributed by atoms with Crippen molar-refractivity contribution < 1.29 is 23.8 Å². The van der Waals surface area contributed by atoms with E-state index in [1.807, 2.05) is 0 Å². The Morgan fingerprint density at radius 2 is 2.38 bits per heavy atom. The van der Waals surface area contributed by atoms with Crippen LogP contribution in [-0.4, -0.2) is 44.0 Å². The average Bonchev–Trinajstić information content (AvgIpc) is 2.17. The van der Waals surface area contributed by atoms with Gasteiger partial charge in [0.15, 0.2) is 6.10 Å². The number of carbonyl (C=O) groups excluding carboxylic acids is 2. The summed E-state index contributed by atoms with van der Waals surface area (Å²) in [5.74, 6) is -0.512. The molecule has 0 bridgehead atoms. The fraction of sp³-hybridized carbons (Fsp3) is 0.800. The van der Waals surface area contributed by atoms with Crippen LogP contribution < -0.4 is 5.32 Å². The Labute approximate surface area is 94.2 Å². The minimum Gasteiger partial charge on any atom is -0.464 e. The number of ether oxygens (including phenoxy) is 3. The van der Waals surface area contributed by atoms with Gasteiger partial charge in [0.2, 0.25) is 0 Å². The van der Waals surface area contributed by atoms with Crippen LogP contribution in [0.3, 0.4) is 0 Å². The number of methoxy groups -OCH3 is 1. The summed E-state index contributed by atoms with van der Waals surface area (Å²) in [6, 6.07) is 0. The number of esters is 1. The molecule has 1 amide bonds. The van der Waals surface area contributed by atoms with Gasteiger partial charge in [-0.2, -0.15) is 0 Å². The molecule has 16 heavy (non-hydrogen) atoms. The van der Waals surface area contributed by atoms with E-state index < -0.39 is 23.8 Å². The predicted octanol–water partition coefficient (Wildman–Crippen LogP) is 0.453. The molecule has 1 heterocycles. The second kappa shape index (κ2) is 5.16. The fourth-order valence-corrected chi connectivity index (χ4v) is 1.71. The van der Waals surface area contributed by atoms with E-state index >= 15 is 0 Å². The van der Waals surface area contributed by atoms with E-state index in [0.717, 1.165) is 0 Å². The maximum atomic E-state index is 11.6. The van der Waals surface area contributed by atoms with Gasteiger partial charge in [-0.15, -0.1) is 0 Å². The SMILES string of the molecule is CCOC(=O)[C@@H](OC)[C@]1(C)CCNC(=O)O1. The van der Waals surface area contributed by atoms with Crippen molar-refractivity contribution in [1.82, 2.24) is 5.32 Å². The molecule has 0 aromatic heterocycles. The highest BCUT2D eigenvalue weighted by Gasteiger charge is 2.45. The van der Waals surface area contributed by atoms with E-state index in [2.05, 4.69) is 5.32 Å². The van der Waals surface area contributed by atoms with Crippen LogP contribution in [-0.2, 0) is 19.0 Å². The van der Waals surface area contributed by atoms with E-state index in [1.54, 1.807) is 13.8 Å². The fourth-order valence-electron chi connectivity index (χ4n) is 1.71. The second-order valence-electron chi connectivity index (χ2n) is 3.75. The topological polar surface area (TPSA) is 73.9 Å². The summed E-state index contributed by atoms with van der Waals surface area (Å²) in [5.41, 5.74) is -0.969. The van der Waals surface area contributed by atoms with Gasteiger partial charge in [0.1, 0.15) is 5.60 Å². The first-order valence-corrected chi connectivity index (χ1v) is 5.19. The van der Waals surface area contributed by atoms with Crippen LogP contribution in [0, 0.1) is 0 Å². The number of carbonyl (C=O) groups is 2. The summed E-state index contributed by atoms with van der Waals surface area (Å²) < 4.78 is 15.1. The third kappa shape index (κ3) is 2.63. The number of rotatable bonds is 4. The molecule has 2 atom stereocenters. The number of amides is 1. The highest BCUT2D eigenvalue weighted by molar-refractivity contribution is 5.78. The van der Waals surface area contributed by atoms with Crippen LogP contribution >= 0.6 is 0 Å². The Balaban J connectivity index is 2.76. The lowest BCUT2D eigenvalue weighted by molar-refractivity contribution is -0.173. The lowest BCUT2D eigenvalue weighted by Crippen LogP contribution is -2.56. The lowest BCUT2D eigenvalue weighted by atomic mass is 9.93. The van der Waals surface area contributed by atoms with Crippen LogP contribution in [0.2, 0.25) is 0 Å². The van der Waals surface area contributed by atoms with Crippen molar-refractivity contribution in [3.63, 3.8) is 0 Å². The molecule has 6 nitrogen and oxygen atoms in total. The Bertz CT molecular complexity index is 280. The number of cyclic esters (lactones) is 1. The smallest absolute Gasteiger partial charge is 0.407 e. The van der Waals surface area contributed by atoms with Crippen molar-refractivity contribution in [3.05, 3.63) is 0 Å². The van der Waals surface area contributed by atoms with Crippen molar-refractivity contribution in [3.8, 4) is 0 Å². The van der Waals surface area contributed by atoms with Crippen molar-refractivity contribution in [2.24, 2.45) is 0 Å². The summed E-state index contributed by atoms with van der Waals surface area (Å²) in [4.78, 5) is 22.8. The maximum absolute atomic E-state index is 11.6. The number of alkyl carbamates (subject to hydrolysis) is 1. The molecule has 0 aliphatic carbocycles. The molecule has 6 heteroatoms. The van der Waals surface area contributed by atoms with Crippen molar-refractivity contribution in [2.45, 2.75) is 32.0 Å². The van der Waals surface area contributed by atoms with Gasteiger partial charge < -0.3 is 19.5 Å². The minimum absolute atomic E-state index is 0.265. The van der Waals surface area contributed by atoms with Gasteiger partial charge >= 0.3 is 12.1 Å². The van der Waals surface area contributed by atoms with Gasteiger partial charge in [0.05, 0.1) is 6.61 Å². The zero-order chi connectivity index (χ0) is 12.2. The molecule has 1 aliphatic rings. The van der Waals surface area contributed by atoms with Gasteiger partial charge in [-0.05, 0) is 13.8 Å². The molecule has 1 saturated heterocycles. The number of hydrogen-bond donors (Lipinski definition) is 1. The summed E-state index contributed by atoms with van der Waals surface area (Å²) in [6.45, 7) is 4.09. The van der Waals surface area contributed by atoms with Crippen LogP contribution in [0.25, 0.3) is 0 Å².